The first-order valence-corrected chi connectivity index (χ1v) is 4.49. The Morgan fingerprint density at radius 2 is 2.17 bits per heavy atom. The third kappa shape index (κ3) is 5.97. The fourth-order valence-electron chi connectivity index (χ4n) is 1.13. The van der Waals surface area contributed by atoms with Gasteiger partial charge in [-0.3, -0.25) is 10.8 Å². The lowest BCUT2D eigenvalue weighted by atomic mass is 10.0. The van der Waals surface area contributed by atoms with Crippen molar-refractivity contribution in [1.29, 1.82) is 5.41 Å². The zero-order valence-electron chi connectivity index (χ0n) is 7.98. The van der Waals surface area contributed by atoms with Gasteiger partial charge in [0.15, 0.2) is 0 Å². The summed E-state index contributed by atoms with van der Waals surface area (Å²) in [6.45, 7) is 5.24. The Kier molecular flexibility index (Phi) is 6.47. The number of guanidine groups is 1. The highest BCUT2D eigenvalue weighted by Crippen LogP contribution is 2.07. The maximum atomic E-state index is 7.14. The SMILES string of the molecule is CCCC(C)CCNC(=N)NN. The molecule has 0 fully saturated rings. The fraction of sp³-hybridized carbons (Fsp3) is 0.875. The van der Waals surface area contributed by atoms with Crippen LogP contribution < -0.4 is 16.6 Å². The van der Waals surface area contributed by atoms with Crippen LogP contribution >= 0.6 is 0 Å². The van der Waals surface area contributed by atoms with Crippen molar-refractivity contribution in [2.75, 3.05) is 6.54 Å². The maximum Gasteiger partial charge on any atom is 0.202 e. The lowest BCUT2D eigenvalue weighted by molar-refractivity contribution is 0.482. The molecule has 4 nitrogen and oxygen atoms in total. The number of hydrogen-bond donors (Lipinski definition) is 4. The van der Waals surface area contributed by atoms with Gasteiger partial charge < -0.3 is 5.32 Å². The van der Waals surface area contributed by atoms with Crippen molar-refractivity contribution < 1.29 is 0 Å². The Balaban J connectivity index is 3.24. The molecule has 0 aromatic rings. The van der Waals surface area contributed by atoms with E-state index in [0.717, 1.165) is 18.9 Å². The second-order valence-electron chi connectivity index (χ2n) is 3.13. The number of hydrazine groups is 1. The minimum atomic E-state index is 0.193. The molecule has 0 saturated heterocycles. The molecule has 0 aliphatic carbocycles. The molecule has 0 rings (SSSR count). The van der Waals surface area contributed by atoms with Crippen molar-refractivity contribution in [2.45, 2.75) is 33.1 Å². The van der Waals surface area contributed by atoms with E-state index in [4.69, 9.17) is 11.3 Å². The number of nitrogens with one attached hydrogen (secondary N) is 3. The summed E-state index contributed by atoms with van der Waals surface area (Å²) >= 11 is 0. The Morgan fingerprint density at radius 3 is 2.67 bits per heavy atom. The molecule has 0 radical (unpaired) electrons. The lowest BCUT2D eigenvalue weighted by Crippen LogP contribution is -2.41. The molecule has 0 spiro atoms. The highest BCUT2D eigenvalue weighted by molar-refractivity contribution is 5.75. The van der Waals surface area contributed by atoms with E-state index in [1.165, 1.54) is 12.8 Å². The van der Waals surface area contributed by atoms with Crippen molar-refractivity contribution in [1.82, 2.24) is 10.7 Å². The van der Waals surface area contributed by atoms with Gasteiger partial charge in [0.2, 0.25) is 5.96 Å². The molecule has 0 bridgehead atoms. The predicted octanol–water partition coefficient (Wildman–Crippen LogP) is 0.800. The van der Waals surface area contributed by atoms with Crippen molar-refractivity contribution >= 4 is 5.96 Å². The van der Waals surface area contributed by atoms with Gasteiger partial charge in [-0.05, 0) is 12.3 Å². The summed E-state index contributed by atoms with van der Waals surface area (Å²) in [7, 11) is 0. The van der Waals surface area contributed by atoms with E-state index in [1.54, 1.807) is 0 Å². The Morgan fingerprint density at radius 1 is 1.50 bits per heavy atom. The summed E-state index contributed by atoms with van der Waals surface area (Å²) in [6, 6.07) is 0. The first-order chi connectivity index (χ1) is 5.70. The van der Waals surface area contributed by atoms with E-state index in [9.17, 15) is 0 Å². The van der Waals surface area contributed by atoms with Gasteiger partial charge in [-0.1, -0.05) is 26.7 Å². The van der Waals surface area contributed by atoms with E-state index in [-0.39, 0.29) is 5.96 Å². The van der Waals surface area contributed by atoms with Crippen LogP contribution in [0.2, 0.25) is 0 Å². The average Bonchev–Trinajstić information content (AvgIpc) is 2.04. The number of rotatable bonds is 5. The minimum Gasteiger partial charge on any atom is -0.356 e. The number of hydrogen-bond acceptors (Lipinski definition) is 2. The van der Waals surface area contributed by atoms with Crippen molar-refractivity contribution in [2.24, 2.45) is 11.8 Å². The summed E-state index contributed by atoms with van der Waals surface area (Å²) in [5.41, 5.74) is 2.24. The molecule has 5 N–H and O–H groups in total. The summed E-state index contributed by atoms with van der Waals surface area (Å²) < 4.78 is 0. The van der Waals surface area contributed by atoms with Crippen LogP contribution in [0.4, 0.5) is 0 Å². The van der Waals surface area contributed by atoms with Gasteiger partial charge >= 0.3 is 0 Å². The smallest absolute Gasteiger partial charge is 0.202 e. The first kappa shape index (κ1) is 11.2. The molecule has 12 heavy (non-hydrogen) atoms. The van der Waals surface area contributed by atoms with Crippen LogP contribution in [0.3, 0.4) is 0 Å². The minimum absolute atomic E-state index is 0.193. The van der Waals surface area contributed by atoms with Gasteiger partial charge in [-0.25, -0.2) is 5.84 Å². The van der Waals surface area contributed by atoms with Crippen LogP contribution in [0.5, 0.6) is 0 Å². The fourth-order valence-corrected chi connectivity index (χ4v) is 1.13. The van der Waals surface area contributed by atoms with E-state index in [1.807, 2.05) is 0 Å². The highest BCUT2D eigenvalue weighted by atomic mass is 15.3. The summed E-state index contributed by atoms with van der Waals surface area (Å²) in [5.74, 6) is 5.93. The van der Waals surface area contributed by atoms with Crippen molar-refractivity contribution in [3.63, 3.8) is 0 Å². The summed E-state index contributed by atoms with van der Waals surface area (Å²) in [6.07, 6.45) is 3.58. The second kappa shape index (κ2) is 6.91. The van der Waals surface area contributed by atoms with Crippen LogP contribution in [-0.4, -0.2) is 12.5 Å². The van der Waals surface area contributed by atoms with Crippen LogP contribution in [-0.2, 0) is 0 Å². The van der Waals surface area contributed by atoms with Gasteiger partial charge in [-0.15, -0.1) is 0 Å². The average molecular weight is 172 g/mol. The normalized spacial score (nSPS) is 12.2. The van der Waals surface area contributed by atoms with Crippen molar-refractivity contribution in [3.05, 3.63) is 0 Å². The largest absolute Gasteiger partial charge is 0.356 e. The topological polar surface area (TPSA) is 73.9 Å². The van der Waals surface area contributed by atoms with Gasteiger partial charge in [-0.2, -0.15) is 0 Å². The van der Waals surface area contributed by atoms with Gasteiger partial charge in [0.05, 0.1) is 0 Å². The van der Waals surface area contributed by atoms with Crippen LogP contribution in [0.25, 0.3) is 0 Å². The molecule has 0 amide bonds. The van der Waals surface area contributed by atoms with Crippen molar-refractivity contribution in [3.8, 4) is 0 Å². The molecule has 0 aliphatic heterocycles. The Hall–Kier alpha value is -0.770. The lowest BCUT2D eigenvalue weighted by Gasteiger charge is -2.11. The van der Waals surface area contributed by atoms with Crippen LogP contribution in [0.15, 0.2) is 0 Å². The number of nitrogens with two attached hydrogens (primary N) is 1. The maximum absolute atomic E-state index is 7.14. The van der Waals surface area contributed by atoms with Gasteiger partial charge in [0, 0.05) is 6.54 Å². The van der Waals surface area contributed by atoms with Gasteiger partial charge in [0.1, 0.15) is 0 Å². The molecular weight excluding hydrogens is 152 g/mol. The molecule has 4 heteroatoms. The quantitative estimate of drug-likeness (QED) is 0.214. The molecule has 0 saturated carbocycles. The third-order valence-corrected chi connectivity index (χ3v) is 1.86. The molecule has 1 unspecified atom stereocenters. The van der Waals surface area contributed by atoms with Gasteiger partial charge in [0.25, 0.3) is 0 Å². The van der Waals surface area contributed by atoms with E-state index < -0.39 is 0 Å². The summed E-state index contributed by atoms with van der Waals surface area (Å²) in [5, 5.41) is 10.0. The molecule has 1 atom stereocenters. The first-order valence-electron chi connectivity index (χ1n) is 4.49. The third-order valence-electron chi connectivity index (χ3n) is 1.86. The highest BCUT2D eigenvalue weighted by Gasteiger charge is 1.99. The molecule has 72 valence electrons. The van der Waals surface area contributed by atoms with Crippen LogP contribution in [0.1, 0.15) is 33.1 Å². The van der Waals surface area contributed by atoms with E-state index in [0.29, 0.717) is 0 Å². The standard InChI is InChI=1S/C8H20N4/c1-3-4-7(2)5-6-11-8(9)12-10/h7H,3-6,10H2,1-2H3,(H3,9,11,12). The molecule has 0 heterocycles. The summed E-state index contributed by atoms with van der Waals surface area (Å²) in [4.78, 5) is 0. The van der Waals surface area contributed by atoms with Crippen LogP contribution in [0, 0.1) is 11.3 Å². The zero-order valence-corrected chi connectivity index (χ0v) is 7.98. The molecule has 0 aromatic heterocycles. The van der Waals surface area contributed by atoms with E-state index >= 15 is 0 Å². The predicted molar refractivity (Wildman–Crippen MR) is 51.7 cm³/mol. The monoisotopic (exact) mass is 172 g/mol. The Bertz CT molecular complexity index is 124. The zero-order chi connectivity index (χ0) is 9.40. The second-order valence-corrected chi connectivity index (χ2v) is 3.13. The van der Waals surface area contributed by atoms with E-state index in [2.05, 4.69) is 24.6 Å². The molecular formula is C8H20N4. The Labute approximate surface area is 74.4 Å². The molecule has 0 aromatic carbocycles. The molecule has 0 aliphatic rings.